The SMILES string of the molecule is CCCCCCC1(C#N)CCC(C(C)C)CC1. The van der Waals surface area contributed by atoms with Crippen LogP contribution in [0.5, 0.6) is 0 Å². The van der Waals surface area contributed by atoms with Gasteiger partial charge in [0.25, 0.3) is 0 Å². The molecule has 1 aliphatic carbocycles. The third-order valence-electron chi connectivity index (χ3n) is 4.68. The van der Waals surface area contributed by atoms with E-state index in [0.29, 0.717) is 0 Å². The van der Waals surface area contributed by atoms with Gasteiger partial charge < -0.3 is 0 Å². The summed E-state index contributed by atoms with van der Waals surface area (Å²) in [6.07, 6.45) is 11.2. The molecule has 0 aromatic heterocycles. The third kappa shape index (κ3) is 4.34. The summed E-state index contributed by atoms with van der Waals surface area (Å²) < 4.78 is 0. The van der Waals surface area contributed by atoms with Crippen molar-refractivity contribution in [2.24, 2.45) is 17.3 Å². The number of rotatable bonds is 6. The Morgan fingerprint density at radius 1 is 1.18 bits per heavy atom. The van der Waals surface area contributed by atoms with Crippen LogP contribution in [0.25, 0.3) is 0 Å². The van der Waals surface area contributed by atoms with Crippen LogP contribution in [-0.2, 0) is 0 Å². The van der Waals surface area contributed by atoms with Crippen LogP contribution in [0.4, 0.5) is 0 Å². The molecule has 0 aliphatic heterocycles. The summed E-state index contributed by atoms with van der Waals surface area (Å²) in [7, 11) is 0. The molecule has 0 radical (unpaired) electrons. The zero-order valence-electron chi connectivity index (χ0n) is 12.0. The van der Waals surface area contributed by atoms with E-state index in [1.807, 2.05) is 0 Å². The van der Waals surface area contributed by atoms with Gasteiger partial charge in [0.2, 0.25) is 0 Å². The number of nitriles is 1. The van der Waals surface area contributed by atoms with Gasteiger partial charge in [-0.1, -0.05) is 46.5 Å². The molecule has 0 N–H and O–H groups in total. The van der Waals surface area contributed by atoms with Gasteiger partial charge in [-0.05, 0) is 43.9 Å². The van der Waals surface area contributed by atoms with Crippen molar-refractivity contribution in [3.8, 4) is 6.07 Å². The molecule has 1 nitrogen and oxygen atoms in total. The summed E-state index contributed by atoms with van der Waals surface area (Å²) in [4.78, 5) is 0. The molecule has 0 atom stereocenters. The van der Waals surface area contributed by atoms with E-state index >= 15 is 0 Å². The van der Waals surface area contributed by atoms with Gasteiger partial charge in [-0.15, -0.1) is 0 Å². The zero-order chi connectivity index (χ0) is 12.7. The first-order valence-corrected chi connectivity index (χ1v) is 7.55. The minimum Gasteiger partial charge on any atom is -0.198 e. The van der Waals surface area contributed by atoms with Gasteiger partial charge in [0.15, 0.2) is 0 Å². The maximum Gasteiger partial charge on any atom is 0.0689 e. The lowest BCUT2D eigenvalue weighted by molar-refractivity contribution is 0.163. The molecule has 0 heterocycles. The van der Waals surface area contributed by atoms with Crippen molar-refractivity contribution < 1.29 is 0 Å². The van der Waals surface area contributed by atoms with Gasteiger partial charge in [0, 0.05) is 0 Å². The number of nitrogens with zero attached hydrogens (tertiary/aromatic N) is 1. The lowest BCUT2D eigenvalue weighted by atomic mass is 9.66. The molecule has 0 bridgehead atoms. The van der Waals surface area contributed by atoms with E-state index in [1.54, 1.807) is 0 Å². The fourth-order valence-electron chi connectivity index (χ4n) is 3.17. The molecule has 98 valence electrons. The van der Waals surface area contributed by atoms with Crippen LogP contribution in [0.15, 0.2) is 0 Å². The highest BCUT2D eigenvalue weighted by Gasteiger charge is 2.35. The van der Waals surface area contributed by atoms with Crippen molar-refractivity contribution in [2.75, 3.05) is 0 Å². The molecule has 1 fully saturated rings. The van der Waals surface area contributed by atoms with Gasteiger partial charge in [0.1, 0.15) is 0 Å². The number of unbranched alkanes of at least 4 members (excludes halogenated alkanes) is 3. The normalized spacial score (nSPS) is 29.2. The number of hydrogen-bond acceptors (Lipinski definition) is 1. The molecule has 1 rings (SSSR count). The predicted octanol–water partition coefficient (Wildman–Crippen LogP) is 5.31. The Bertz CT molecular complexity index is 241. The summed E-state index contributed by atoms with van der Waals surface area (Å²) in [6.45, 7) is 6.89. The van der Waals surface area contributed by atoms with Crippen LogP contribution in [0, 0.1) is 28.6 Å². The Kier molecular flexibility index (Phi) is 6.03. The predicted molar refractivity (Wildman–Crippen MR) is 73.6 cm³/mol. The van der Waals surface area contributed by atoms with Crippen molar-refractivity contribution in [1.29, 1.82) is 5.26 Å². The molecule has 0 saturated heterocycles. The molecule has 0 unspecified atom stereocenters. The van der Waals surface area contributed by atoms with E-state index in [9.17, 15) is 5.26 Å². The minimum atomic E-state index is 0.0408. The molecule has 0 spiro atoms. The molecule has 0 amide bonds. The Morgan fingerprint density at radius 3 is 2.29 bits per heavy atom. The fourth-order valence-corrected chi connectivity index (χ4v) is 3.17. The topological polar surface area (TPSA) is 23.8 Å². The average molecular weight is 235 g/mol. The summed E-state index contributed by atoms with van der Waals surface area (Å²) in [5.74, 6) is 1.67. The molecular formula is C16H29N. The maximum absolute atomic E-state index is 9.47. The molecular weight excluding hydrogens is 206 g/mol. The highest BCUT2D eigenvalue weighted by molar-refractivity contribution is 5.01. The third-order valence-corrected chi connectivity index (χ3v) is 4.68. The van der Waals surface area contributed by atoms with Gasteiger partial charge in [-0.3, -0.25) is 0 Å². The Labute approximate surface area is 108 Å². The minimum absolute atomic E-state index is 0.0408. The van der Waals surface area contributed by atoms with E-state index < -0.39 is 0 Å². The first-order chi connectivity index (χ1) is 8.13. The van der Waals surface area contributed by atoms with Crippen LogP contribution in [0.2, 0.25) is 0 Å². The van der Waals surface area contributed by atoms with Crippen molar-refractivity contribution in [2.45, 2.75) is 78.6 Å². The Balaban J connectivity index is 2.36. The summed E-state index contributed by atoms with van der Waals surface area (Å²) in [5.41, 5.74) is 0.0408. The van der Waals surface area contributed by atoms with Crippen molar-refractivity contribution in [3.05, 3.63) is 0 Å². The van der Waals surface area contributed by atoms with Crippen molar-refractivity contribution in [1.82, 2.24) is 0 Å². The summed E-state index contributed by atoms with van der Waals surface area (Å²) >= 11 is 0. The van der Waals surface area contributed by atoms with Crippen molar-refractivity contribution in [3.63, 3.8) is 0 Å². The van der Waals surface area contributed by atoms with Crippen LogP contribution in [-0.4, -0.2) is 0 Å². The quantitative estimate of drug-likeness (QED) is 0.572. The number of hydrogen-bond donors (Lipinski definition) is 0. The monoisotopic (exact) mass is 235 g/mol. The molecule has 17 heavy (non-hydrogen) atoms. The standard InChI is InChI=1S/C16H29N/c1-4-5-6-7-10-16(13-17)11-8-15(9-12-16)14(2)3/h14-15H,4-12H2,1-3H3. The summed E-state index contributed by atoms with van der Waals surface area (Å²) in [6, 6.07) is 2.65. The zero-order valence-corrected chi connectivity index (χ0v) is 12.0. The van der Waals surface area contributed by atoms with Crippen LogP contribution in [0.3, 0.4) is 0 Å². The van der Waals surface area contributed by atoms with E-state index in [2.05, 4.69) is 26.8 Å². The molecule has 1 saturated carbocycles. The largest absolute Gasteiger partial charge is 0.198 e. The summed E-state index contributed by atoms with van der Waals surface area (Å²) in [5, 5.41) is 9.47. The second-order valence-corrected chi connectivity index (χ2v) is 6.28. The van der Waals surface area contributed by atoms with Gasteiger partial charge >= 0.3 is 0 Å². The molecule has 1 heteroatoms. The van der Waals surface area contributed by atoms with Crippen LogP contribution < -0.4 is 0 Å². The van der Waals surface area contributed by atoms with Gasteiger partial charge in [0.05, 0.1) is 11.5 Å². The van der Waals surface area contributed by atoms with E-state index in [1.165, 1.54) is 38.5 Å². The average Bonchev–Trinajstić information content (AvgIpc) is 2.35. The van der Waals surface area contributed by atoms with Crippen molar-refractivity contribution >= 4 is 0 Å². The molecule has 0 aromatic rings. The van der Waals surface area contributed by atoms with Crippen LogP contribution >= 0.6 is 0 Å². The fraction of sp³-hybridized carbons (Fsp3) is 0.938. The Morgan fingerprint density at radius 2 is 1.82 bits per heavy atom. The molecule has 0 aromatic carbocycles. The van der Waals surface area contributed by atoms with E-state index in [4.69, 9.17) is 0 Å². The lowest BCUT2D eigenvalue weighted by Gasteiger charge is -2.36. The first-order valence-electron chi connectivity index (χ1n) is 7.55. The lowest BCUT2D eigenvalue weighted by Crippen LogP contribution is -2.28. The van der Waals surface area contributed by atoms with E-state index in [0.717, 1.165) is 31.1 Å². The second-order valence-electron chi connectivity index (χ2n) is 6.28. The Hall–Kier alpha value is -0.510. The smallest absolute Gasteiger partial charge is 0.0689 e. The highest BCUT2D eigenvalue weighted by atomic mass is 14.4. The maximum atomic E-state index is 9.47. The highest BCUT2D eigenvalue weighted by Crippen LogP contribution is 2.44. The van der Waals surface area contributed by atoms with E-state index in [-0.39, 0.29) is 5.41 Å². The van der Waals surface area contributed by atoms with Gasteiger partial charge in [-0.25, -0.2) is 0 Å². The van der Waals surface area contributed by atoms with Gasteiger partial charge in [-0.2, -0.15) is 5.26 Å². The molecule has 1 aliphatic rings. The van der Waals surface area contributed by atoms with Crippen LogP contribution in [0.1, 0.15) is 78.6 Å². The second kappa shape index (κ2) is 7.04. The first kappa shape index (κ1) is 14.6.